The summed E-state index contributed by atoms with van der Waals surface area (Å²) in [6, 6.07) is 65.8. The number of nitrogens with zero attached hydrogens (tertiary/aromatic N) is 3. The van der Waals surface area contributed by atoms with Gasteiger partial charge in [-0.1, -0.05) is 103 Å². The Balaban J connectivity index is 1.04. The maximum atomic E-state index is 6.42. The minimum atomic E-state index is 0.599. The lowest BCUT2D eigenvalue weighted by Crippen LogP contribution is -2.10. The molecule has 11 aromatic rings. The van der Waals surface area contributed by atoms with Gasteiger partial charge in [-0.2, -0.15) is 0 Å². The van der Waals surface area contributed by atoms with Crippen molar-refractivity contribution in [2.24, 2.45) is 0 Å². The summed E-state index contributed by atoms with van der Waals surface area (Å²) in [6.45, 7) is 0. The van der Waals surface area contributed by atoms with E-state index in [0.29, 0.717) is 5.89 Å². The Morgan fingerprint density at radius 3 is 1.93 bits per heavy atom. The number of fused-ring (bicyclic) bond motifs is 7. The molecule has 0 radical (unpaired) electrons. The van der Waals surface area contributed by atoms with Crippen LogP contribution in [0.2, 0.25) is 0 Å². The number of furan rings is 1. The number of anilines is 3. The van der Waals surface area contributed by atoms with Crippen molar-refractivity contribution in [2.75, 3.05) is 4.90 Å². The van der Waals surface area contributed by atoms with Gasteiger partial charge >= 0.3 is 0 Å². The number of para-hydroxylation sites is 3. The fourth-order valence-corrected chi connectivity index (χ4v) is 7.96. The molecule has 0 bridgehead atoms. The molecule has 0 saturated carbocycles. The molecule has 0 spiro atoms. The standard InChI is InChI=1S/C49H31N3O2/c1-4-13-33(14-5-1)49-50-42-31-46-41(30-47(42)54-49)48-38(20-12-22-45(48)53-46)32-23-25-36(26-24-32)51(34-15-6-2-7-16-34)37-27-28-40-39-19-10-11-21-43(39)52(44(40)29-37)35-17-8-3-9-18-35/h1-31H. The van der Waals surface area contributed by atoms with E-state index in [1.54, 1.807) is 0 Å². The highest BCUT2D eigenvalue weighted by Crippen LogP contribution is 2.42. The normalized spacial score (nSPS) is 11.7. The fourth-order valence-electron chi connectivity index (χ4n) is 7.96. The molecule has 0 saturated heterocycles. The van der Waals surface area contributed by atoms with Gasteiger partial charge < -0.3 is 18.3 Å². The summed E-state index contributed by atoms with van der Waals surface area (Å²) < 4.78 is 15.1. The molecule has 0 fully saturated rings. The lowest BCUT2D eigenvalue weighted by molar-refractivity contribution is 0.620. The van der Waals surface area contributed by atoms with Crippen molar-refractivity contribution in [3.63, 3.8) is 0 Å². The van der Waals surface area contributed by atoms with E-state index in [1.807, 2.05) is 42.5 Å². The average Bonchev–Trinajstić information content (AvgIpc) is 3.92. The molecule has 5 heteroatoms. The number of hydrogen-bond donors (Lipinski definition) is 0. The lowest BCUT2D eigenvalue weighted by atomic mass is 9.99. The van der Waals surface area contributed by atoms with Crippen molar-refractivity contribution in [3.8, 4) is 28.3 Å². The molecule has 0 aliphatic heterocycles. The Kier molecular flexibility index (Phi) is 6.79. The van der Waals surface area contributed by atoms with Gasteiger partial charge in [-0.3, -0.25) is 0 Å². The quantitative estimate of drug-likeness (QED) is 0.174. The molecule has 0 N–H and O–H groups in total. The monoisotopic (exact) mass is 693 g/mol. The van der Waals surface area contributed by atoms with Crippen molar-refractivity contribution in [3.05, 3.63) is 188 Å². The average molecular weight is 694 g/mol. The molecule has 0 aliphatic rings. The van der Waals surface area contributed by atoms with Crippen LogP contribution in [0.1, 0.15) is 0 Å². The summed E-state index contributed by atoms with van der Waals surface area (Å²) >= 11 is 0. The molecule has 8 aromatic carbocycles. The predicted molar refractivity (Wildman–Crippen MR) is 221 cm³/mol. The lowest BCUT2D eigenvalue weighted by Gasteiger charge is -2.26. The molecule has 0 amide bonds. The van der Waals surface area contributed by atoms with Crippen LogP contribution in [0.5, 0.6) is 0 Å². The summed E-state index contributed by atoms with van der Waals surface area (Å²) in [4.78, 5) is 7.10. The molecule has 5 nitrogen and oxygen atoms in total. The molecule has 0 unspecified atom stereocenters. The van der Waals surface area contributed by atoms with Gasteiger partial charge in [0.25, 0.3) is 0 Å². The van der Waals surface area contributed by atoms with E-state index in [-0.39, 0.29) is 0 Å². The second-order valence-electron chi connectivity index (χ2n) is 13.6. The molecule has 3 heterocycles. The molecule has 0 aliphatic carbocycles. The van der Waals surface area contributed by atoms with Gasteiger partial charge in [-0.25, -0.2) is 4.98 Å². The molecule has 54 heavy (non-hydrogen) atoms. The van der Waals surface area contributed by atoms with Gasteiger partial charge in [0.05, 0.1) is 11.0 Å². The first kappa shape index (κ1) is 30.3. The fraction of sp³-hybridized carbons (Fsp3) is 0. The minimum absolute atomic E-state index is 0.599. The molecular weight excluding hydrogens is 663 g/mol. The molecule has 3 aromatic heterocycles. The summed E-state index contributed by atoms with van der Waals surface area (Å²) in [5.41, 5.74) is 13.0. The molecule has 11 rings (SSSR count). The van der Waals surface area contributed by atoms with Crippen LogP contribution in [0.4, 0.5) is 17.1 Å². The van der Waals surface area contributed by atoms with Crippen LogP contribution >= 0.6 is 0 Å². The largest absolute Gasteiger partial charge is 0.456 e. The van der Waals surface area contributed by atoms with Crippen LogP contribution in [0.3, 0.4) is 0 Å². The van der Waals surface area contributed by atoms with Gasteiger partial charge in [0.2, 0.25) is 5.89 Å². The zero-order valence-electron chi connectivity index (χ0n) is 29.1. The molecule has 254 valence electrons. The third kappa shape index (κ3) is 4.83. The summed E-state index contributed by atoms with van der Waals surface area (Å²) in [5, 5.41) is 4.51. The minimum Gasteiger partial charge on any atom is -0.456 e. The van der Waals surface area contributed by atoms with Crippen molar-refractivity contribution < 1.29 is 8.83 Å². The Labute approximate surface area is 310 Å². The maximum absolute atomic E-state index is 6.42. The van der Waals surface area contributed by atoms with E-state index in [2.05, 4.69) is 155 Å². The Bertz CT molecular complexity index is 3140. The zero-order chi connectivity index (χ0) is 35.6. The third-order valence-electron chi connectivity index (χ3n) is 10.4. The second kappa shape index (κ2) is 12.1. The van der Waals surface area contributed by atoms with Gasteiger partial charge in [0, 0.05) is 55.9 Å². The van der Waals surface area contributed by atoms with Gasteiger partial charge in [0.15, 0.2) is 5.58 Å². The first-order chi connectivity index (χ1) is 26.8. The van der Waals surface area contributed by atoms with Gasteiger partial charge in [-0.15, -0.1) is 0 Å². The van der Waals surface area contributed by atoms with Crippen LogP contribution < -0.4 is 4.90 Å². The highest BCUT2D eigenvalue weighted by molar-refractivity contribution is 6.15. The predicted octanol–water partition coefficient (Wildman–Crippen LogP) is 13.6. The van der Waals surface area contributed by atoms with Crippen LogP contribution in [0.15, 0.2) is 197 Å². The topological polar surface area (TPSA) is 47.3 Å². The van der Waals surface area contributed by atoms with Crippen molar-refractivity contribution in [1.29, 1.82) is 0 Å². The van der Waals surface area contributed by atoms with E-state index < -0.39 is 0 Å². The van der Waals surface area contributed by atoms with Crippen molar-refractivity contribution >= 4 is 71.9 Å². The first-order valence-corrected chi connectivity index (χ1v) is 18.1. The van der Waals surface area contributed by atoms with E-state index in [9.17, 15) is 0 Å². The van der Waals surface area contributed by atoms with E-state index in [4.69, 9.17) is 13.8 Å². The number of aromatic nitrogens is 2. The number of hydrogen-bond acceptors (Lipinski definition) is 4. The Morgan fingerprint density at radius 2 is 1.11 bits per heavy atom. The molecule has 0 atom stereocenters. The number of rotatable bonds is 6. The van der Waals surface area contributed by atoms with Crippen LogP contribution in [0, 0.1) is 0 Å². The summed E-state index contributed by atoms with van der Waals surface area (Å²) in [7, 11) is 0. The third-order valence-corrected chi connectivity index (χ3v) is 10.4. The molecular formula is C49H31N3O2. The number of benzene rings is 8. The first-order valence-electron chi connectivity index (χ1n) is 18.1. The maximum Gasteiger partial charge on any atom is 0.227 e. The highest BCUT2D eigenvalue weighted by Gasteiger charge is 2.19. The van der Waals surface area contributed by atoms with Gasteiger partial charge in [0.1, 0.15) is 16.7 Å². The Hall–Kier alpha value is -7.37. The smallest absolute Gasteiger partial charge is 0.227 e. The highest BCUT2D eigenvalue weighted by atomic mass is 16.4. The zero-order valence-corrected chi connectivity index (χ0v) is 29.1. The Morgan fingerprint density at radius 1 is 0.426 bits per heavy atom. The SMILES string of the molecule is c1ccc(-c2nc3cc4oc5cccc(-c6ccc(N(c7ccccc7)c7ccc8c9ccccc9n(-c9ccccc9)c8c7)cc6)c5c4cc3o2)cc1. The number of oxazole rings is 1. The van der Waals surface area contributed by atoms with Crippen LogP contribution in [-0.2, 0) is 0 Å². The van der Waals surface area contributed by atoms with E-state index >= 15 is 0 Å². The van der Waals surface area contributed by atoms with Crippen LogP contribution in [0.25, 0.3) is 83.1 Å². The van der Waals surface area contributed by atoms with Crippen molar-refractivity contribution in [2.45, 2.75) is 0 Å². The van der Waals surface area contributed by atoms with E-state index in [0.717, 1.165) is 78.0 Å². The summed E-state index contributed by atoms with van der Waals surface area (Å²) in [6.07, 6.45) is 0. The van der Waals surface area contributed by atoms with E-state index in [1.165, 1.54) is 16.3 Å². The van der Waals surface area contributed by atoms with Gasteiger partial charge in [-0.05, 0) is 90.0 Å². The van der Waals surface area contributed by atoms with Crippen molar-refractivity contribution in [1.82, 2.24) is 9.55 Å². The second-order valence-corrected chi connectivity index (χ2v) is 13.6. The summed E-state index contributed by atoms with van der Waals surface area (Å²) in [5.74, 6) is 0.599. The van der Waals surface area contributed by atoms with Crippen LogP contribution in [-0.4, -0.2) is 9.55 Å².